The number of carbonyl (C=O) groups is 1. The number of ketones is 1. The van der Waals surface area contributed by atoms with Gasteiger partial charge in [-0.05, 0) is 55.9 Å². The van der Waals surface area contributed by atoms with Crippen LogP contribution in [0.2, 0.25) is 0 Å². The number of rotatable bonds is 8. The molecule has 2 aromatic carbocycles. The van der Waals surface area contributed by atoms with Gasteiger partial charge in [0.1, 0.15) is 5.78 Å². The molecule has 0 amide bonds. The Hall–Kier alpha value is -2.82. The van der Waals surface area contributed by atoms with Gasteiger partial charge < -0.3 is 5.73 Å². The third kappa shape index (κ3) is 4.67. The van der Waals surface area contributed by atoms with Crippen LogP contribution in [-0.4, -0.2) is 18.0 Å². The Labute approximate surface area is 189 Å². The molecule has 5 heteroatoms. The molecule has 2 atom stereocenters. The number of anilines is 1. The van der Waals surface area contributed by atoms with Gasteiger partial charge in [-0.2, -0.15) is 8.78 Å². The minimum atomic E-state index is -3.03. The highest BCUT2D eigenvalue weighted by Gasteiger charge is 2.40. The van der Waals surface area contributed by atoms with Gasteiger partial charge in [-0.25, -0.2) is 0 Å². The Balaban J connectivity index is 1.94. The Kier molecular flexibility index (Phi) is 7.27. The van der Waals surface area contributed by atoms with E-state index in [-0.39, 0.29) is 17.4 Å². The van der Waals surface area contributed by atoms with Crippen molar-refractivity contribution in [3.05, 3.63) is 76.9 Å². The van der Waals surface area contributed by atoms with E-state index in [2.05, 4.69) is 6.07 Å². The average molecular weight is 439 g/mol. The second kappa shape index (κ2) is 9.76. The summed E-state index contributed by atoms with van der Waals surface area (Å²) in [5.41, 5.74) is 8.90. The van der Waals surface area contributed by atoms with Crippen LogP contribution in [0.5, 0.6) is 0 Å². The van der Waals surface area contributed by atoms with Crippen LogP contribution in [-0.2, 0) is 22.6 Å². The van der Waals surface area contributed by atoms with Crippen molar-refractivity contribution in [2.45, 2.75) is 70.3 Å². The molecule has 0 aliphatic carbocycles. The molecule has 170 valence electrons. The van der Waals surface area contributed by atoms with E-state index in [1.165, 1.54) is 18.2 Å². The minimum Gasteiger partial charge on any atom is -0.398 e. The van der Waals surface area contributed by atoms with Crippen molar-refractivity contribution < 1.29 is 13.6 Å². The fraction of sp³-hybridized carbons (Fsp3) is 0.407. The topological polar surface area (TPSA) is 55.4 Å². The molecular weight excluding hydrogens is 406 g/mol. The van der Waals surface area contributed by atoms with Crippen LogP contribution in [0.25, 0.3) is 0 Å². The highest BCUT2D eigenvalue weighted by atomic mass is 19.3. The van der Waals surface area contributed by atoms with Crippen LogP contribution in [0.3, 0.4) is 0 Å². The Morgan fingerprint density at radius 1 is 1.16 bits per heavy atom. The standard InChI is InChI=1S/C27H32F2N2O/c1-4-16-27(28,29)21-13-11-20(12-14-21)26(6-3,25(32)5-2)17-22-15-10-19-8-7-9-24(30)23(19)18-31-22/h4,7-9,11-14,16,18,22H,5-6,10,15,17,30H2,1-3H3/b16-4+. The van der Waals surface area contributed by atoms with Gasteiger partial charge in [0.2, 0.25) is 0 Å². The van der Waals surface area contributed by atoms with E-state index in [0.29, 0.717) is 24.9 Å². The molecule has 0 aromatic heterocycles. The number of allylic oxidation sites excluding steroid dienone is 2. The first-order chi connectivity index (χ1) is 15.3. The van der Waals surface area contributed by atoms with Gasteiger partial charge in [0.25, 0.3) is 5.92 Å². The quantitative estimate of drug-likeness (QED) is 0.384. The number of benzene rings is 2. The van der Waals surface area contributed by atoms with E-state index in [1.807, 2.05) is 32.2 Å². The van der Waals surface area contributed by atoms with E-state index in [9.17, 15) is 13.6 Å². The third-order valence-electron chi connectivity index (χ3n) is 6.63. The fourth-order valence-electron chi connectivity index (χ4n) is 4.74. The van der Waals surface area contributed by atoms with Crippen molar-refractivity contribution in [3.8, 4) is 0 Å². The number of nitrogen functional groups attached to an aromatic ring is 1. The molecule has 1 aliphatic heterocycles. The van der Waals surface area contributed by atoms with Crippen LogP contribution < -0.4 is 5.73 Å². The van der Waals surface area contributed by atoms with Crippen molar-refractivity contribution in [1.29, 1.82) is 0 Å². The molecule has 0 radical (unpaired) electrons. The third-order valence-corrected chi connectivity index (χ3v) is 6.63. The second-order valence-corrected chi connectivity index (χ2v) is 8.51. The van der Waals surface area contributed by atoms with Gasteiger partial charge in [-0.1, -0.05) is 56.3 Å². The molecule has 0 saturated heterocycles. The molecule has 0 bridgehead atoms. The van der Waals surface area contributed by atoms with E-state index < -0.39 is 11.3 Å². The number of aliphatic imine (C=N–C) groups is 1. The Morgan fingerprint density at radius 3 is 2.47 bits per heavy atom. The van der Waals surface area contributed by atoms with E-state index in [1.54, 1.807) is 19.1 Å². The number of carbonyl (C=O) groups excluding carboxylic acids is 1. The second-order valence-electron chi connectivity index (χ2n) is 8.51. The largest absolute Gasteiger partial charge is 0.398 e. The summed E-state index contributed by atoms with van der Waals surface area (Å²) in [7, 11) is 0. The van der Waals surface area contributed by atoms with Crippen molar-refractivity contribution in [1.82, 2.24) is 0 Å². The average Bonchev–Trinajstić information content (AvgIpc) is 3.00. The summed E-state index contributed by atoms with van der Waals surface area (Å²) in [5.74, 6) is -2.92. The molecule has 2 aromatic rings. The summed E-state index contributed by atoms with van der Waals surface area (Å²) in [4.78, 5) is 18.0. The first kappa shape index (κ1) is 23.8. The van der Waals surface area contributed by atoms with Crippen LogP contribution in [0.4, 0.5) is 14.5 Å². The van der Waals surface area contributed by atoms with Crippen molar-refractivity contribution >= 4 is 17.7 Å². The Bertz CT molecular complexity index is 1010. The molecule has 3 rings (SSSR count). The zero-order valence-corrected chi connectivity index (χ0v) is 19.1. The summed E-state index contributed by atoms with van der Waals surface area (Å²) in [6, 6.07) is 12.1. The lowest BCUT2D eigenvalue weighted by atomic mass is 9.69. The molecule has 2 unspecified atom stereocenters. The predicted molar refractivity (Wildman–Crippen MR) is 128 cm³/mol. The van der Waals surface area contributed by atoms with Crippen LogP contribution >= 0.6 is 0 Å². The molecule has 32 heavy (non-hydrogen) atoms. The summed E-state index contributed by atoms with van der Waals surface area (Å²) < 4.78 is 28.6. The maximum atomic E-state index is 14.3. The number of aryl methyl sites for hydroxylation is 1. The lowest BCUT2D eigenvalue weighted by molar-refractivity contribution is -0.125. The predicted octanol–water partition coefficient (Wildman–Crippen LogP) is 6.39. The summed E-state index contributed by atoms with van der Waals surface area (Å²) in [6.45, 7) is 5.42. The molecule has 1 heterocycles. The van der Waals surface area contributed by atoms with Gasteiger partial charge in [0.05, 0.1) is 11.5 Å². The smallest absolute Gasteiger partial charge is 0.291 e. The fourth-order valence-corrected chi connectivity index (χ4v) is 4.74. The number of hydrogen-bond acceptors (Lipinski definition) is 3. The summed E-state index contributed by atoms with van der Waals surface area (Å²) in [6.07, 6.45) is 7.22. The number of fused-ring (bicyclic) bond motifs is 1. The molecule has 1 aliphatic rings. The monoisotopic (exact) mass is 438 g/mol. The minimum absolute atomic E-state index is 0.0543. The van der Waals surface area contributed by atoms with E-state index in [4.69, 9.17) is 10.7 Å². The van der Waals surface area contributed by atoms with Crippen molar-refractivity contribution in [2.24, 2.45) is 4.99 Å². The number of hydrogen-bond donors (Lipinski definition) is 1. The number of nitrogens with zero attached hydrogens (tertiary/aromatic N) is 1. The molecule has 0 fully saturated rings. The number of Topliss-reactive ketones (excluding diaryl/α,β-unsaturated/α-hetero) is 1. The highest BCUT2D eigenvalue weighted by molar-refractivity contribution is 5.91. The molecule has 0 spiro atoms. The van der Waals surface area contributed by atoms with Crippen molar-refractivity contribution in [3.63, 3.8) is 0 Å². The molecular formula is C27H32F2N2O. The van der Waals surface area contributed by atoms with Crippen LogP contribution in [0.1, 0.15) is 68.7 Å². The molecule has 0 saturated carbocycles. The molecule has 2 N–H and O–H groups in total. The van der Waals surface area contributed by atoms with Crippen molar-refractivity contribution in [2.75, 3.05) is 5.73 Å². The van der Waals surface area contributed by atoms with Gasteiger partial charge in [0, 0.05) is 29.4 Å². The van der Waals surface area contributed by atoms with Gasteiger partial charge in [-0.3, -0.25) is 9.79 Å². The maximum absolute atomic E-state index is 14.3. The van der Waals surface area contributed by atoms with Gasteiger partial charge >= 0.3 is 0 Å². The first-order valence-corrected chi connectivity index (χ1v) is 11.3. The van der Waals surface area contributed by atoms with E-state index >= 15 is 0 Å². The summed E-state index contributed by atoms with van der Waals surface area (Å²) in [5, 5.41) is 0. The number of halogens is 2. The normalized spacial score (nSPS) is 18.2. The lowest BCUT2D eigenvalue weighted by Crippen LogP contribution is -2.38. The van der Waals surface area contributed by atoms with Gasteiger partial charge in [0.15, 0.2) is 0 Å². The van der Waals surface area contributed by atoms with E-state index in [0.717, 1.165) is 35.6 Å². The molecule has 3 nitrogen and oxygen atoms in total. The van der Waals surface area contributed by atoms with Gasteiger partial charge in [-0.15, -0.1) is 0 Å². The summed E-state index contributed by atoms with van der Waals surface area (Å²) >= 11 is 0. The number of alkyl halides is 2. The SMILES string of the molecule is C/C=C/C(F)(F)c1ccc(C(CC)(CC2CCc3cccc(N)c3C=N2)C(=O)CC)cc1. The Morgan fingerprint density at radius 2 is 1.84 bits per heavy atom. The van der Waals surface area contributed by atoms with Crippen LogP contribution in [0, 0.1) is 0 Å². The first-order valence-electron chi connectivity index (χ1n) is 11.3. The van der Waals surface area contributed by atoms with Crippen LogP contribution in [0.15, 0.2) is 59.6 Å². The zero-order valence-electron chi connectivity index (χ0n) is 19.1. The zero-order chi connectivity index (χ0) is 23.4. The number of nitrogens with two attached hydrogens (primary N) is 1. The highest BCUT2D eigenvalue weighted by Crippen LogP contribution is 2.39. The maximum Gasteiger partial charge on any atom is 0.291 e. The lowest BCUT2D eigenvalue weighted by Gasteiger charge is -2.34.